The Balaban J connectivity index is 2.48. The highest BCUT2D eigenvalue weighted by Gasteiger charge is 2.20. The summed E-state index contributed by atoms with van der Waals surface area (Å²) in [4.78, 5) is 6.54. The monoisotopic (exact) mass is 297 g/mol. The van der Waals surface area contributed by atoms with E-state index in [1.54, 1.807) is 6.07 Å². The van der Waals surface area contributed by atoms with E-state index in [1.807, 2.05) is 27.1 Å². The normalized spacial score (nSPS) is 14.9. The molecule has 0 fully saturated rings. The summed E-state index contributed by atoms with van der Waals surface area (Å²) in [6, 6.07) is 5.28. The molecule has 3 nitrogen and oxygen atoms in total. The highest BCUT2D eigenvalue weighted by molar-refractivity contribution is 6.20. The van der Waals surface area contributed by atoms with Gasteiger partial charge < -0.3 is 9.47 Å². The fraction of sp³-hybridized carbons (Fsp3) is 0.533. The van der Waals surface area contributed by atoms with Crippen LogP contribution in [0.4, 0.5) is 4.39 Å². The lowest BCUT2D eigenvalue weighted by atomic mass is 10.2. The van der Waals surface area contributed by atoms with Crippen molar-refractivity contribution in [1.82, 2.24) is 14.5 Å². The molecular formula is C15H21ClFN3. The van der Waals surface area contributed by atoms with Crippen molar-refractivity contribution in [1.29, 1.82) is 0 Å². The zero-order chi connectivity index (χ0) is 14.9. The number of halogens is 2. The molecule has 110 valence electrons. The van der Waals surface area contributed by atoms with Crippen LogP contribution in [0.3, 0.4) is 0 Å². The summed E-state index contributed by atoms with van der Waals surface area (Å²) in [7, 11) is 4.09. The van der Waals surface area contributed by atoms with Crippen molar-refractivity contribution < 1.29 is 4.39 Å². The van der Waals surface area contributed by atoms with Crippen molar-refractivity contribution in [3.63, 3.8) is 0 Å². The molecule has 0 N–H and O–H groups in total. The van der Waals surface area contributed by atoms with Gasteiger partial charge in [0.1, 0.15) is 11.3 Å². The van der Waals surface area contributed by atoms with Gasteiger partial charge >= 0.3 is 0 Å². The highest BCUT2D eigenvalue weighted by atomic mass is 35.5. The quantitative estimate of drug-likeness (QED) is 0.778. The SMILES string of the molecule is CC(Cl)c1nc2c(F)cccc2n1C(C)CCN(C)C. The maximum Gasteiger partial charge on any atom is 0.151 e. The van der Waals surface area contributed by atoms with Crippen LogP contribution < -0.4 is 0 Å². The third-order valence-corrected chi connectivity index (χ3v) is 3.68. The molecule has 0 aliphatic rings. The second-order valence-corrected chi connectivity index (χ2v) is 6.16. The molecule has 0 amide bonds. The number of rotatable bonds is 5. The van der Waals surface area contributed by atoms with Crippen LogP contribution in [0.5, 0.6) is 0 Å². The maximum absolute atomic E-state index is 13.9. The zero-order valence-corrected chi connectivity index (χ0v) is 13.2. The maximum atomic E-state index is 13.9. The summed E-state index contributed by atoms with van der Waals surface area (Å²) in [5.41, 5.74) is 1.23. The number of para-hydroxylation sites is 1. The Morgan fingerprint density at radius 3 is 2.65 bits per heavy atom. The van der Waals surface area contributed by atoms with Crippen LogP contribution in [-0.2, 0) is 0 Å². The summed E-state index contributed by atoms with van der Waals surface area (Å²) >= 11 is 6.22. The van der Waals surface area contributed by atoms with Crippen LogP contribution in [0.15, 0.2) is 18.2 Å². The molecule has 2 atom stereocenters. The first kappa shape index (κ1) is 15.3. The van der Waals surface area contributed by atoms with E-state index in [0.717, 1.165) is 24.3 Å². The number of aromatic nitrogens is 2. The van der Waals surface area contributed by atoms with Crippen molar-refractivity contribution in [2.45, 2.75) is 31.7 Å². The van der Waals surface area contributed by atoms with Crippen LogP contribution in [-0.4, -0.2) is 35.1 Å². The molecule has 0 bridgehead atoms. The average Bonchev–Trinajstić information content (AvgIpc) is 2.77. The minimum atomic E-state index is -0.292. The molecule has 0 aliphatic heterocycles. The fourth-order valence-corrected chi connectivity index (χ4v) is 2.57. The first-order valence-corrected chi connectivity index (χ1v) is 7.30. The topological polar surface area (TPSA) is 21.1 Å². The number of hydrogen-bond donors (Lipinski definition) is 0. The second kappa shape index (κ2) is 6.10. The van der Waals surface area contributed by atoms with Crippen LogP contribution in [0.25, 0.3) is 11.0 Å². The van der Waals surface area contributed by atoms with Gasteiger partial charge in [-0.3, -0.25) is 0 Å². The molecule has 1 aromatic carbocycles. The fourth-order valence-electron chi connectivity index (χ4n) is 2.42. The minimum Gasteiger partial charge on any atom is -0.324 e. The molecule has 2 unspecified atom stereocenters. The third kappa shape index (κ3) is 2.96. The predicted octanol–water partition coefficient (Wildman–Crippen LogP) is 3.99. The van der Waals surface area contributed by atoms with Crippen LogP contribution in [0.1, 0.15) is 37.5 Å². The molecule has 2 aromatic rings. The molecule has 0 saturated carbocycles. The van der Waals surface area contributed by atoms with E-state index in [0.29, 0.717) is 5.52 Å². The Morgan fingerprint density at radius 2 is 2.05 bits per heavy atom. The van der Waals surface area contributed by atoms with Crippen molar-refractivity contribution >= 4 is 22.6 Å². The Hall–Kier alpha value is -1.13. The summed E-state index contributed by atoms with van der Waals surface area (Å²) in [5, 5.41) is -0.247. The summed E-state index contributed by atoms with van der Waals surface area (Å²) in [6.45, 7) is 4.96. The van der Waals surface area contributed by atoms with Gasteiger partial charge in [-0.2, -0.15) is 0 Å². The Morgan fingerprint density at radius 1 is 1.35 bits per heavy atom. The molecule has 1 aromatic heterocycles. The molecule has 5 heteroatoms. The number of imidazole rings is 1. The van der Waals surface area contributed by atoms with Gasteiger partial charge in [0.25, 0.3) is 0 Å². The third-order valence-electron chi connectivity index (χ3n) is 3.49. The number of alkyl halides is 1. The van der Waals surface area contributed by atoms with Gasteiger partial charge in [0, 0.05) is 6.04 Å². The molecule has 0 spiro atoms. The number of hydrogen-bond acceptors (Lipinski definition) is 2. The van der Waals surface area contributed by atoms with E-state index in [9.17, 15) is 4.39 Å². The van der Waals surface area contributed by atoms with Gasteiger partial charge in [-0.05, 0) is 53.0 Å². The largest absolute Gasteiger partial charge is 0.324 e. The van der Waals surface area contributed by atoms with Gasteiger partial charge in [0.15, 0.2) is 5.82 Å². The van der Waals surface area contributed by atoms with Gasteiger partial charge in [0.05, 0.1) is 10.9 Å². The van der Waals surface area contributed by atoms with Crippen molar-refractivity contribution in [2.24, 2.45) is 0 Å². The van der Waals surface area contributed by atoms with Crippen molar-refractivity contribution in [3.05, 3.63) is 29.8 Å². The molecule has 1 heterocycles. The summed E-state index contributed by atoms with van der Waals surface area (Å²) in [6.07, 6.45) is 0.964. The van der Waals surface area contributed by atoms with Crippen LogP contribution in [0.2, 0.25) is 0 Å². The minimum absolute atomic E-state index is 0.223. The molecule has 0 aliphatic carbocycles. The van der Waals surface area contributed by atoms with E-state index >= 15 is 0 Å². The Labute approximate surface area is 124 Å². The van der Waals surface area contributed by atoms with Crippen molar-refractivity contribution in [2.75, 3.05) is 20.6 Å². The molecule has 0 radical (unpaired) electrons. The average molecular weight is 298 g/mol. The van der Waals surface area contributed by atoms with E-state index in [1.165, 1.54) is 6.07 Å². The standard InChI is InChI=1S/C15H21ClFN3/c1-10(8-9-19(3)4)20-13-7-5-6-12(17)14(13)18-15(20)11(2)16/h5-7,10-11H,8-9H2,1-4H3. The van der Waals surface area contributed by atoms with E-state index in [4.69, 9.17) is 11.6 Å². The van der Waals surface area contributed by atoms with E-state index < -0.39 is 0 Å². The smallest absolute Gasteiger partial charge is 0.151 e. The Kier molecular flexibility index (Phi) is 4.66. The molecular weight excluding hydrogens is 277 g/mol. The van der Waals surface area contributed by atoms with Crippen LogP contribution >= 0.6 is 11.6 Å². The number of benzene rings is 1. The van der Waals surface area contributed by atoms with Gasteiger partial charge in [-0.15, -0.1) is 11.6 Å². The lowest BCUT2D eigenvalue weighted by Gasteiger charge is -2.20. The van der Waals surface area contributed by atoms with Crippen molar-refractivity contribution in [3.8, 4) is 0 Å². The highest BCUT2D eigenvalue weighted by Crippen LogP contribution is 2.30. The number of fused-ring (bicyclic) bond motifs is 1. The number of nitrogens with zero attached hydrogens (tertiary/aromatic N) is 3. The second-order valence-electron chi connectivity index (χ2n) is 5.50. The molecule has 20 heavy (non-hydrogen) atoms. The molecule has 2 rings (SSSR count). The molecule has 0 saturated heterocycles. The lowest BCUT2D eigenvalue weighted by Crippen LogP contribution is -2.18. The predicted molar refractivity (Wildman–Crippen MR) is 81.8 cm³/mol. The first-order chi connectivity index (χ1) is 9.41. The van der Waals surface area contributed by atoms with Crippen LogP contribution in [0, 0.1) is 5.82 Å². The summed E-state index contributed by atoms with van der Waals surface area (Å²) < 4.78 is 16.0. The lowest BCUT2D eigenvalue weighted by molar-refractivity contribution is 0.357. The zero-order valence-electron chi connectivity index (χ0n) is 12.4. The van der Waals surface area contributed by atoms with Gasteiger partial charge in [0.2, 0.25) is 0 Å². The Bertz CT molecular complexity index is 592. The van der Waals surface area contributed by atoms with Gasteiger partial charge in [-0.1, -0.05) is 6.07 Å². The van der Waals surface area contributed by atoms with Gasteiger partial charge in [-0.25, -0.2) is 9.37 Å². The first-order valence-electron chi connectivity index (χ1n) is 6.87. The van der Waals surface area contributed by atoms with E-state index in [2.05, 4.69) is 21.4 Å². The summed E-state index contributed by atoms with van der Waals surface area (Å²) in [5.74, 6) is 0.442. The van der Waals surface area contributed by atoms with E-state index in [-0.39, 0.29) is 17.2 Å².